The predicted octanol–water partition coefficient (Wildman–Crippen LogP) is 2.93. The van der Waals surface area contributed by atoms with Crippen molar-refractivity contribution in [3.63, 3.8) is 0 Å². The lowest BCUT2D eigenvalue weighted by Gasteiger charge is -2.19. The number of para-hydroxylation sites is 3. The van der Waals surface area contributed by atoms with Gasteiger partial charge in [-0.2, -0.15) is 0 Å². The van der Waals surface area contributed by atoms with Gasteiger partial charge in [0.2, 0.25) is 0 Å². The summed E-state index contributed by atoms with van der Waals surface area (Å²) in [5.74, 6) is 2.58. The summed E-state index contributed by atoms with van der Waals surface area (Å²) in [6.45, 7) is 5.55. The average Bonchev–Trinajstić information content (AvgIpc) is 2.71. The van der Waals surface area contributed by atoms with Crippen molar-refractivity contribution in [2.24, 2.45) is 4.99 Å². The molecule has 0 saturated heterocycles. The largest absolute Gasteiger partial charge is 0.504 e. The number of methoxy groups -OCH3 is 2. The zero-order chi connectivity index (χ0) is 20.4. The predicted molar refractivity (Wildman–Crippen MR) is 111 cm³/mol. The van der Waals surface area contributed by atoms with Crippen LogP contribution in [0.4, 0.5) is 0 Å². The quantitative estimate of drug-likeness (QED) is 0.453. The van der Waals surface area contributed by atoms with Gasteiger partial charge in [0.1, 0.15) is 6.10 Å². The minimum atomic E-state index is -0.106. The number of rotatable bonds is 9. The number of hydrogen-bond acceptors (Lipinski definition) is 5. The maximum atomic E-state index is 10.2. The Morgan fingerprint density at radius 1 is 1.00 bits per heavy atom. The number of benzene rings is 2. The van der Waals surface area contributed by atoms with E-state index >= 15 is 0 Å². The van der Waals surface area contributed by atoms with Crippen LogP contribution in [0.15, 0.2) is 47.5 Å². The first-order valence-corrected chi connectivity index (χ1v) is 9.25. The third-order valence-corrected chi connectivity index (χ3v) is 4.01. The molecule has 0 aliphatic heterocycles. The Kier molecular flexibility index (Phi) is 8.27. The molecule has 0 radical (unpaired) electrons. The zero-order valence-electron chi connectivity index (χ0n) is 16.9. The monoisotopic (exact) mass is 387 g/mol. The van der Waals surface area contributed by atoms with Crippen molar-refractivity contribution >= 4 is 5.96 Å². The van der Waals surface area contributed by atoms with Crippen molar-refractivity contribution in [3.8, 4) is 23.0 Å². The second-order valence-corrected chi connectivity index (χ2v) is 6.12. The van der Waals surface area contributed by atoms with Gasteiger partial charge >= 0.3 is 0 Å². The number of nitrogens with one attached hydrogen (secondary N) is 2. The summed E-state index contributed by atoms with van der Waals surface area (Å²) >= 11 is 0. The Morgan fingerprint density at radius 3 is 2.36 bits per heavy atom. The number of aromatic hydroxyl groups is 1. The fourth-order valence-electron chi connectivity index (χ4n) is 2.58. The molecule has 0 heterocycles. The van der Waals surface area contributed by atoms with E-state index in [1.165, 1.54) is 7.11 Å². The molecule has 3 N–H and O–H groups in total. The first-order chi connectivity index (χ1) is 13.6. The van der Waals surface area contributed by atoms with E-state index in [4.69, 9.17) is 14.2 Å². The first-order valence-electron chi connectivity index (χ1n) is 9.25. The van der Waals surface area contributed by atoms with Gasteiger partial charge < -0.3 is 30.0 Å². The Hall–Kier alpha value is -3.09. The number of ether oxygens (including phenoxy) is 3. The topological polar surface area (TPSA) is 84.3 Å². The van der Waals surface area contributed by atoms with Gasteiger partial charge in [0.05, 0.1) is 27.3 Å². The second-order valence-electron chi connectivity index (χ2n) is 6.12. The highest BCUT2D eigenvalue weighted by Crippen LogP contribution is 2.29. The molecule has 2 rings (SSSR count). The fourth-order valence-corrected chi connectivity index (χ4v) is 2.58. The van der Waals surface area contributed by atoms with Crippen molar-refractivity contribution in [3.05, 3.63) is 48.0 Å². The van der Waals surface area contributed by atoms with E-state index in [0.29, 0.717) is 41.9 Å². The van der Waals surface area contributed by atoms with E-state index in [9.17, 15) is 5.11 Å². The highest BCUT2D eigenvalue weighted by molar-refractivity contribution is 5.79. The Balaban J connectivity index is 1.97. The fraction of sp³-hybridized carbons (Fsp3) is 0.381. The Morgan fingerprint density at radius 2 is 1.68 bits per heavy atom. The number of guanidine groups is 1. The molecular formula is C21H29N3O4. The van der Waals surface area contributed by atoms with Gasteiger partial charge in [-0.3, -0.25) is 0 Å². The number of hydrogen-bond donors (Lipinski definition) is 3. The van der Waals surface area contributed by atoms with Crippen LogP contribution in [0.5, 0.6) is 23.0 Å². The van der Waals surface area contributed by atoms with Gasteiger partial charge in [-0.15, -0.1) is 0 Å². The van der Waals surface area contributed by atoms with Crippen LogP contribution in [-0.4, -0.2) is 44.5 Å². The van der Waals surface area contributed by atoms with Crippen LogP contribution in [0.1, 0.15) is 19.4 Å². The standard InChI is InChI=1S/C21H29N3O4/c1-5-22-21(24-14-16-9-8-12-19(27-4)20(16)25)23-13-15(2)28-18-11-7-6-10-17(18)26-3/h6-12,15,25H,5,13-14H2,1-4H3,(H2,22,23,24). The molecule has 0 aliphatic rings. The molecule has 2 aromatic rings. The minimum absolute atomic E-state index is 0.106. The summed E-state index contributed by atoms with van der Waals surface area (Å²) in [5.41, 5.74) is 0.690. The molecule has 0 bridgehead atoms. The summed E-state index contributed by atoms with van der Waals surface area (Å²) in [4.78, 5) is 4.53. The average molecular weight is 387 g/mol. The lowest BCUT2D eigenvalue weighted by molar-refractivity contribution is 0.213. The van der Waals surface area contributed by atoms with E-state index in [0.717, 1.165) is 6.54 Å². The molecule has 0 amide bonds. The highest BCUT2D eigenvalue weighted by atomic mass is 16.5. The molecule has 28 heavy (non-hydrogen) atoms. The van der Waals surface area contributed by atoms with E-state index < -0.39 is 0 Å². The van der Waals surface area contributed by atoms with E-state index in [1.54, 1.807) is 13.2 Å². The summed E-state index contributed by atoms with van der Waals surface area (Å²) in [6.07, 6.45) is -0.106. The minimum Gasteiger partial charge on any atom is -0.504 e. The molecule has 0 saturated carbocycles. The molecular weight excluding hydrogens is 358 g/mol. The number of aliphatic imine (C=N–C) groups is 1. The SMILES string of the molecule is CCNC(=NCc1cccc(OC)c1O)NCC(C)Oc1ccccc1OC. The van der Waals surface area contributed by atoms with Gasteiger partial charge in [0.15, 0.2) is 29.0 Å². The molecule has 7 heteroatoms. The molecule has 7 nitrogen and oxygen atoms in total. The normalized spacial score (nSPS) is 12.2. The summed E-state index contributed by atoms with van der Waals surface area (Å²) in [7, 11) is 3.14. The molecule has 0 aliphatic carbocycles. The van der Waals surface area contributed by atoms with Crippen LogP contribution in [-0.2, 0) is 6.54 Å². The number of phenols is 1. The first kappa shape index (κ1) is 21.2. The maximum absolute atomic E-state index is 10.2. The lowest BCUT2D eigenvalue weighted by atomic mass is 10.2. The van der Waals surface area contributed by atoms with Crippen molar-refractivity contribution in [2.45, 2.75) is 26.5 Å². The van der Waals surface area contributed by atoms with Gasteiger partial charge in [0, 0.05) is 12.1 Å². The molecule has 0 fully saturated rings. The van der Waals surface area contributed by atoms with E-state index in [1.807, 2.05) is 50.2 Å². The number of nitrogens with zero attached hydrogens (tertiary/aromatic N) is 1. The van der Waals surface area contributed by atoms with Crippen LogP contribution >= 0.6 is 0 Å². The summed E-state index contributed by atoms with van der Waals surface area (Å²) in [6, 6.07) is 12.9. The highest BCUT2D eigenvalue weighted by Gasteiger charge is 2.10. The molecule has 152 valence electrons. The summed E-state index contributed by atoms with van der Waals surface area (Å²) < 4.78 is 16.4. The third-order valence-electron chi connectivity index (χ3n) is 4.01. The summed E-state index contributed by atoms with van der Waals surface area (Å²) in [5, 5.41) is 16.6. The van der Waals surface area contributed by atoms with E-state index in [-0.39, 0.29) is 11.9 Å². The van der Waals surface area contributed by atoms with Gasteiger partial charge in [-0.05, 0) is 32.0 Å². The van der Waals surface area contributed by atoms with Crippen LogP contribution in [0.25, 0.3) is 0 Å². The van der Waals surface area contributed by atoms with Crippen LogP contribution in [0, 0.1) is 0 Å². The second kappa shape index (κ2) is 10.9. The van der Waals surface area contributed by atoms with Crippen molar-refractivity contribution < 1.29 is 19.3 Å². The van der Waals surface area contributed by atoms with Gasteiger partial charge in [-0.1, -0.05) is 24.3 Å². The van der Waals surface area contributed by atoms with Crippen LogP contribution in [0.2, 0.25) is 0 Å². The zero-order valence-corrected chi connectivity index (χ0v) is 16.9. The third kappa shape index (κ3) is 5.97. The molecule has 1 atom stereocenters. The smallest absolute Gasteiger partial charge is 0.191 e. The molecule has 1 unspecified atom stereocenters. The Labute approximate surface area is 166 Å². The van der Waals surface area contributed by atoms with Crippen LogP contribution in [0.3, 0.4) is 0 Å². The van der Waals surface area contributed by atoms with Gasteiger partial charge in [-0.25, -0.2) is 4.99 Å². The molecule has 0 spiro atoms. The van der Waals surface area contributed by atoms with Crippen LogP contribution < -0.4 is 24.8 Å². The molecule has 2 aromatic carbocycles. The van der Waals surface area contributed by atoms with Crippen molar-refractivity contribution in [1.29, 1.82) is 0 Å². The van der Waals surface area contributed by atoms with Crippen molar-refractivity contribution in [2.75, 3.05) is 27.3 Å². The maximum Gasteiger partial charge on any atom is 0.191 e. The van der Waals surface area contributed by atoms with E-state index in [2.05, 4.69) is 15.6 Å². The lowest BCUT2D eigenvalue weighted by Crippen LogP contribution is -2.41. The molecule has 0 aromatic heterocycles. The Bertz CT molecular complexity index is 780. The van der Waals surface area contributed by atoms with Crippen molar-refractivity contribution in [1.82, 2.24) is 10.6 Å². The number of phenolic OH excluding ortho intramolecular Hbond substituents is 1. The van der Waals surface area contributed by atoms with Gasteiger partial charge in [0.25, 0.3) is 0 Å².